The number of benzene rings is 2. The molecule has 7 heteroatoms. The summed E-state index contributed by atoms with van der Waals surface area (Å²) in [6.45, 7) is 5.57. The van der Waals surface area contributed by atoms with Gasteiger partial charge in [0.05, 0.1) is 18.2 Å². The molecule has 6 nitrogen and oxygen atoms in total. The van der Waals surface area contributed by atoms with Crippen LogP contribution in [-0.2, 0) is 9.59 Å². The van der Waals surface area contributed by atoms with Gasteiger partial charge in [0.2, 0.25) is 0 Å². The smallest absolute Gasteiger partial charge is 0.295 e. The van der Waals surface area contributed by atoms with Crippen molar-refractivity contribution in [1.29, 1.82) is 0 Å². The monoisotopic (exact) mass is 454 g/mol. The minimum atomic E-state index is -0.669. The van der Waals surface area contributed by atoms with Gasteiger partial charge in [-0.1, -0.05) is 23.7 Å². The number of hydrogen-bond donors (Lipinski definition) is 1. The Hall–Kier alpha value is -2.83. The van der Waals surface area contributed by atoms with Crippen LogP contribution in [-0.4, -0.2) is 59.4 Å². The molecule has 2 aliphatic rings. The number of nitrogens with zero attached hydrogens (tertiary/aromatic N) is 2. The van der Waals surface area contributed by atoms with Crippen molar-refractivity contribution < 1.29 is 19.4 Å². The van der Waals surface area contributed by atoms with Gasteiger partial charge in [0.25, 0.3) is 11.7 Å². The highest BCUT2D eigenvalue weighted by molar-refractivity contribution is 6.46. The van der Waals surface area contributed by atoms with Gasteiger partial charge in [-0.3, -0.25) is 9.59 Å². The number of rotatable bonds is 7. The van der Waals surface area contributed by atoms with Crippen molar-refractivity contribution in [1.82, 2.24) is 9.80 Å². The van der Waals surface area contributed by atoms with E-state index in [4.69, 9.17) is 16.3 Å². The van der Waals surface area contributed by atoms with Crippen LogP contribution in [0.25, 0.3) is 5.76 Å². The van der Waals surface area contributed by atoms with Crippen molar-refractivity contribution in [3.05, 3.63) is 70.3 Å². The second-order valence-electron chi connectivity index (χ2n) is 8.05. The van der Waals surface area contributed by atoms with Gasteiger partial charge >= 0.3 is 0 Å². The Labute approximate surface area is 193 Å². The number of ether oxygens (including phenoxy) is 1. The molecule has 2 aromatic carbocycles. The molecular formula is C25H27ClN2O4. The Kier molecular flexibility index (Phi) is 6.82. The molecule has 32 heavy (non-hydrogen) atoms. The highest BCUT2D eigenvalue weighted by Gasteiger charge is 2.46. The Morgan fingerprint density at radius 2 is 1.69 bits per heavy atom. The highest BCUT2D eigenvalue weighted by Crippen LogP contribution is 2.39. The predicted molar refractivity (Wildman–Crippen MR) is 124 cm³/mol. The summed E-state index contributed by atoms with van der Waals surface area (Å²) in [4.78, 5) is 30.0. The van der Waals surface area contributed by atoms with E-state index >= 15 is 0 Å². The van der Waals surface area contributed by atoms with E-state index in [9.17, 15) is 14.7 Å². The van der Waals surface area contributed by atoms with Crippen LogP contribution in [0, 0.1) is 0 Å². The largest absolute Gasteiger partial charge is 0.507 e. The third-order valence-electron chi connectivity index (χ3n) is 6.02. The van der Waals surface area contributed by atoms with Gasteiger partial charge < -0.3 is 19.6 Å². The third-order valence-corrected chi connectivity index (χ3v) is 6.27. The summed E-state index contributed by atoms with van der Waals surface area (Å²) in [7, 11) is 0. The summed E-state index contributed by atoms with van der Waals surface area (Å²) in [5.41, 5.74) is 1.30. The minimum Gasteiger partial charge on any atom is -0.507 e. The molecule has 2 heterocycles. The van der Waals surface area contributed by atoms with Gasteiger partial charge in [-0.15, -0.1) is 0 Å². The lowest BCUT2D eigenvalue weighted by Crippen LogP contribution is -2.37. The number of aliphatic hydroxyl groups excluding tert-OH is 1. The maximum absolute atomic E-state index is 13.1. The summed E-state index contributed by atoms with van der Waals surface area (Å²) in [5.74, 6) is -0.734. The molecule has 1 amide bonds. The SMILES string of the molecule is CCOc1ccc(C2/C(=C(\O)c3ccc(Cl)cc3)C(=O)C(=O)N2CCN2CCCC2)cc1. The number of aliphatic hydroxyl groups is 1. The van der Waals surface area contributed by atoms with E-state index in [2.05, 4.69) is 4.90 Å². The maximum Gasteiger partial charge on any atom is 0.295 e. The highest BCUT2D eigenvalue weighted by atomic mass is 35.5. The molecule has 0 bridgehead atoms. The molecule has 0 spiro atoms. The van der Waals surface area contributed by atoms with Gasteiger partial charge in [-0.25, -0.2) is 0 Å². The number of carbonyl (C=O) groups excluding carboxylic acids is 2. The summed E-state index contributed by atoms with van der Waals surface area (Å²) >= 11 is 5.98. The van der Waals surface area contributed by atoms with Crippen molar-refractivity contribution in [2.45, 2.75) is 25.8 Å². The van der Waals surface area contributed by atoms with Gasteiger partial charge in [0.15, 0.2) is 0 Å². The maximum atomic E-state index is 13.1. The molecule has 0 aliphatic carbocycles. The zero-order valence-corrected chi connectivity index (χ0v) is 18.8. The molecule has 168 valence electrons. The first kappa shape index (κ1) is 22.4. The van der Waals surface area contributed by atoms with Crippen molar-refractivity contribution in [2.75, 3.05) is 32.8 Å². The minimum absolute atomic E-state index is 0.0999. The topological polar surface area (TPSA) is 70.1 Å². The Balaban J connectivity index is 1.73. The molecule has 1 unspecified atom stereocenters. The average molecular weight is 455 g/mol. The first-order chi connectivity index (χ1) is 15.5. The predicted octanol–water partition coefficient (Wildman–Crippen LogP) is 4.26. The molecule has 1 N–H and O–H groups in total. The Bertz CT molecular complexity index is 1010. The summed E-state index contributed by atoms with van der Waals surface area (Å²) < 4.78 is 5.53. The fraction of sp³-hybridized carbons (Fsp3) is 0.360. The van der Waals surface area contributed by atoms with Crippen LogP contribution in [0.4, 0.5) is 0 Å². The molecule has 2 aromatic rings. The molecule has 0 saturated carbocycles. The van der Waals surface area contributed by atoms with Crippen LogP contribution in [0.5, 0.6) is 5.75 Å². The molecule has 4 rings (SSSR count). The number of Topliss-reactive ketones (excluding diaryl/α,β-unsaturated/α-hetero) is 1. The first-order valence-corrected chi connectivity index (χ1v) is 11.4. The van der Waals surface area contributed by atoms with Crippen LogP contribution in [0.3, 0.4) is 0 Å². The van der Waals surface area contributed by atoms with Crippen molar-refractivity contribution in [3.63, 3.8) is 0 Å². The zero-order valence-electron chi connectivity index (χ0n) is 18.1. The van der Waals surface area contributed by atoms with Crippen molar-refractivity contribution in [2.24, 2.45) is 0 Å². The molecular weight excluding hydrogens is 428 g/mol. The Morgan fingerprint density at radius 1 is 1.03 bits per heavy atom. The summed E-state index contributed by atoms with van der Waals surface area (Å²) in [6, 6.07) is 13.2. The van der Waals surface area contributed by atoms with Crippen LogP contribution < -0.4 is 4.74 Å². The van der Waals surface area contributed by atoms with E-state index in [1.165, 1.54) is 0 Å². The van der Waals surface area contributed by atoms with Gasteiger partial charge in [0, 0.05) is 23.7 Å². The molecule has 2 fully saturated rings. The number of hydrogen-bond acceptors (Lipinski definition) is 5. The summed E-state index contributed by atoms with van der Waals surface area (Å²) in [5, 5.41) is 11.6. The standard InChI is InChI=1S/C25H27ClN2O4/c1-2-32-20-11-7-17(8-12-20)22-21(23(29)18-5-9-19(26)10-6-18)24(30)25(31)28(22)16-15-27-13-3-4-14-27/h5-12,22,29H,2-4,13-16H2,1H3/b23-21+. The average Bonchev–Trinajstić information content (AvgIpc) is 3.40. The number of halogens is 1. The van der Waals surface area contributed by atoms with E-state index in [-0.39, 0.29) is 11.3 Å². The lowest BCUT2D eigenvalue weighted by atomic mass is 9.95. The molecule has 0 aromatic heterocycles. The third kappa shape index (κ3) is 4.52. The van der Waals surface area contributed by atoms with Crippen LogP contribution in [0.1, 0.15) is 36.9 Å². The number of carbonyl (C=O) groups is 2. The molecule has 2 saturated heterocycles. The lowest BCUT2D eigenvalue weighted by molar-refractivity contribution is -0.140. The van der Waals surface area contributed by atoms with Crippen LogP contribution >= 0.6 is 11.6 Å². The zero-order chi connectivity index (χ0) is 22.7. The molecule has 1 atom stereocenters. The molecule has 0 radical (unpaired) electrons. The van der Waals surface area contributed by atoms with E-state index in [1.807, 2.05) is 31.2 Å². The van der Waals surface area contributed by atoms with Gasteiger partial charge in [-0.05, 0) is 74.8 Å². The quantitative estimate of drug-likeness (QED) is 0.384. The number of ketones is 1. The fourth-order valence-electron chi connectivity index (χ4n) is 4.39. The van der Waals surface area contributed by atoms with Gasteiger partial charge in [0.1, 0.15) is 11.5 Å². The Morgan fingerprint density at radius 3 is 2.31 bits per heavy atom. The van der Waals surface area contributed by atoms with Crippen molar-refractivity contribution >= 4 is 29.1 Å². The van der Waals surface area contributed by atoms with Crippen LogP contribution in [0.2, 0.25) is 5.02 Å². The molecule has 2 aliphatic heterocycles. The number of amides is 1. The van der Waals surface area contributed by atoms with E-state index in [0.717, 1.165) is 31.5 Å². The first-order valence-electron chi connectivity index (χ1n) is 11.0. The second-order valence-corrected chi connectivity index (χ2v) is 8.49. The lowest BCUT2D eigenvalue weighted by Gasteiger charge is -2.27. The van der Waals surface area contributed by atoms with E-state index in [0.29, 0.717) is 36.0 Å². The normalized spacial score (nSPS) is 20.8. The summed E-state index contributed by atoms with van der Waals surface area (Å²) in [6.07, 6.45) is 2.30. The fourth-order valence-corrected chi connectivity index (χ4v) is 4.51. The van der Waals surface area contributed by atoms with E-state index < -0.39 is 17.7 Å². The van der Waals surface area contributed by atoms with Gasteiger partial charge in [-0.2, -0.15) is 0 Å². The van der Waals surface area contributed by atoms with Crippen LogP contribution in [0.15, 0.2) is 54.1 Å². The number of likely N-dealkylation sites (tertiary alicyclic amines) is 2. The second kappa shape index (κ2) is 9.76. The van der Waals surface area contributed by atoms with E-state index in [1.54, 1.807) is 29.2 Å². The van der Waals surface area contributed by atoms with Crippen molar-refractivity contribution in [3.8, 4) is 5.75 Å².